The van der Waals surface area contributed by atoms with Crippen molar-refractivity contribution < 1.29 is 4.79 Å². The number of unbranched alkanes of at least 4 members (excludes halogenated alkanes) is 8. The van der Waals surface area contributed by atoms with Crippen molar-refractivity contribution in [3.05, 3.63) is 11.6 Å². The molecule has 1 rings (SSSR count). The van der Waals surface area contributed by atoms with Gasteiger partial charge in [0.15, 0.2) is 5.78 Å². The second-order valence-corrected chi connectivity index (χ2v) is 5.70. The highest BCUT2D eigenvalue weighted by Crippen LogP contribution is 2.21. The van der Waals surface area contributed by atoms with Crippen LogP contribution in [0.15, 0.2) is 11.6 Å². The number of hydrogen-bond acceptors (Lipinski definition) is 1. The highest BCUT2D eigenvalue weighted by atomic mass is 16.1. The zero-order valence-electron chi connectivity index (χ0n) is 12.2. The Bertz CT molecular complexity index is 252. The van der Waals surface area contributed by atoms with Gasteiger partial charge in [-0.1, -0.05) is 63.9 Å². The van der Waals surface area contributed by atoms with E-state index in [1.54, 1.807) is 0 Å². The molecule has 0 N–H and O–H groups in total. The van der Waals surface area contributed by atoms with Gasteiger partial charge in [-0.15, -0.1) is 0 Å². The van der Waals surface area contributed by atoms with Crippen LogP contribution in [0.3, 0.4) is 0 Å². The van der Waals surface area contributed by atoms with Crippen LogP contribution in [-0.4, -0.2) is 5.78 Å². The monoisotopic (exact) mass is 250 g/mol. The average molecular weight is 250 g/mol. The molecule has 0 amide bonds. The van der Waals surface area contributed by atoms with Crippen molar-refractivity contribution in [1.29, 1.82) is 0 Å². The minimum atomic E-state index is 0.354. The largest absolute Gasteiger partial charge is 0.295 e. The maximum atomic E-state index is 11.3. The van der Waals surface area contributed by atoms with Crippen LogP contribution in [0.4, 0.5) is 0 Å². The molecule has 0 bridgehead atoms. The fourth-order valence-corrected chi connectivity index (χ4v) is 2.72. The molecule has 18 heavy (non-hydrogen) atoms. The summed E-state index contributed by atoms with van der Waals surface area (Å²) in [5, 5.41) is 0. The van der Waals surface area contributed by atoms with E-state index in [0.29, 0.717) is 5.78 Å². The third-order valence-electron chi connectivity index (χ3n) is 3.89. The first-order valence-electron chi connectivity index (χ1n) is 8.05. The van der Waals surface area contributed by atoms with Crippen LogP contribution < -0.4 is 0 Å². The van der Waals surface area contributed by atoms with Crippen molar-refractivity contribution in [3.8, 4) is 0 Å². The van der Waals surface area contributed by atoms with E-state index in [1.807, 2.05) is 6.08 Å². The van der Waals surface area contributed by atoms with Crippen LogP contribution >= 0.6 is 0 Å². The van der Waals surface area contributed by atoms with E-state index in [0.717, 1.165) is 12.8 Å². The topological polar surface area (TPSA) is 17.1 Å². The molecule has 1 heteroatoms. The lowest BCUT2D eigenvalue weighted by Crippen LogP contribution is -2.02. The summed E-state index contributed by atoms with van der Waals surface area (Å²) in [5.41, 5.74) is 1.41. The van der Waals surface area contributed by atoms with Gasteiger partial charge in [0, 0.05) is 6.42 Å². The summed E-state index contributed by atoms with van der Waals surface area (Å²) in [5.74, 6) is 0.354. The Morgan fingerprint density at radius 2 is 1.50 bits per heavy atom. The van der Waals surface area contributed by atoms with Gasteiger partial charge in [0.1, 0.15) is 0 Å². The van der Waals surface area contributed by atoms with E-state index in [1.165, 1.54) is 76.2 Å². The molecular formula is C17H30O. The highest BCUT2D eigenvalue weighted by Gasteiger charge is 2.08. The minimum Gasteiger partial charge on any atom is -0.295 e. The van der Waals surface area contributed by atoms with E-state index >= 15 is 0 Å². The minimum absolute atomic E-state index is 0.354. The average Bonchev–Trinajstić information content (AvgIpc) is 2.37. The predicted octanol–water partition coefficient (Wildman–Crippen LogP) is 5.59. The number of ketones is 1. The fraction of sp³-hybridized carbons (Fsp3) is 0.824. The summed E-state index contributed by atoms with van der Waals surface area (Å²) in [7, 11) is 0. The Kier molecular flexibility index (Phi) is 8.89. The predicted molar refractivity (Wildman–Crippen MR) is 78.8 cm³/mol. The Morgan fingerprint density at radius 3 is 2.11 bits per heavy atom. The molecular weight excluding hydrogens is 220 g/mol. The first-order valence-corrected chi connectivity index (χ1v) is 8.05. The van der Waals surface area contributed by atoms with Crippen molar-refractivity contribution in [2.45, 2.75) is 90.4 Å². The molecule has 0 aromatic carbocycles. The first kappa shape index (κ1) is 15.5. The van der Waals surface area contributed by atoms with E-state index < -0.39 is 0 Å². The van der Waals surface area contributed by atoms with Crippen molar-refractivity contribution in [3.63, 3.8) is 0 Å². The van der Waals surface area contributed by atoms with Crippen LogP contribution in [0, 0.1) is 0 Å². The summed E-state index contributed by atoms with van der Waals surface area (Å²) < 4.78 is 0. The standard InChI is InChI=1S/C17H30O/c1-2-3-4-5-6-7-8-9-10-12-16-13-11-14-17(18)15-16/h15H,2-14H2,1H3. The Balaban J connectivity index is 1.88. The summed E-state index contributed by atoms with van der Waals surface area (Å²) in [6, 6.07) is 0. The maximum absolute atomic E-state index is 11.3. The summed E-state index contributed by atoms with van der Waals surface area (Å²) in [6.45, 7) is 2.27. The molecule has 0 radical (unpaired) electrons. The van der Waals surface area contributed by atoms with Crippen LogP contribution in [0.25, 0.3) is 0 Å². The lowest BCUT2D eigenvalue weighted by molar-refractivity contribution is -0.115. The van der Waals surface area contributed by atoms with Crippen molar-refractivity contribution in [2.75, 3.05) is 0 Å². The molecule has 0 heterocycles. The van der Waals surface area contributed by atoms with Crippen LogP contribution in [-0.2, 0) is 4.79 Å². The zero-order chi connectivity index (χ0) is 13.1. The Hall–Kier alpha value is -0.590. The van der Waals surface area contributed by atoms with Gasteiger partial charge in [-0.05, 0) is 31.8 Å². The van der Waals surface area contributed by atoms with Crippen molar-refractivity contribution in [2.24, 2.45) is 0 Å². The molecule has 0 fully saturated rings. The Labute approximate surface area is 113 Å². The van der Waals surface area contributed by atoms with Gasteiger partial charge in [-0.2, -0.15) is 0 Å². The first-order chi connectivity index (χ1) is 8.83. The van der Waals surface area contributed by atoms with Gasteiger partial charge in [-0.25, -0.2) is 0 Å². The molecule has 0 saturated heterocycles. The number of carbonyl (C=O) groups is 1. The van der Waals surface area contributed by atoms with Crippen LogP contribution in [0.1, 0.15) is 90.4 Å². The molecule has 0 aromatic heterocycles. The number of allylic oxidation sites excluding steroid dienone is 2. The SMILES string of the molecule is CCCCCCCCCCCC1=CC(=O)CCC1. The zero-order valence-corrected chi connectivity index (χ0v) is 12.2. The van der Waals surface area contributed by atoms with Crippen LogP contribution in [0.5, 0.6) is 0 Å². The smallest absolute Gasteiger partial charge is 0.155 e. The van der Waals surface area contributed by atoms with Gasteiger partial charge in [-0.3, -0.25) is 4.79 Å². The molecule has 0 spiro atoms. The van der Waals surface area contributed by atoms with Gasteiger partial charge in [0.2, 0.25) is 0 Å². The molecule has 104 valence electrons. The summed E-state index contributed by atoms with van der Waals surface area (Å²) >= 11 is 0. The number of rotatable bonds is 10. The van der Waals surface area contributed by atoms with Crippen molar-refractivity contribution >= 4 is 5.78 Å². The van der Waals surface area contributed by atoms with E-state index in [2.05, 4.69) is 6.92 Å². The molecule has 0 aliphatic heterocycles. The lowest BCUT2D eigenvalue weighted by Gasteiger charge is -2.11. The molecule has 0 unspecified atom stereocenters. The van der Waals surface area contributed by atoms with Crippen molar-refractivity contribution in [1.82, 2.24) is 0 Å². The third kappa shape index (κ3) is 7.68. The summed E-state index contributed by atoms with van der Waals surface area (Å²) in [4.78, 5) is 11.3. The van der Waals surface area contributed by atoms with E-state index in [4.69, 9.17) is 0 Å². The highest BCUT2D eigenvalue weighted by molar-refractivity contribution is 5.91. The lowest BCUT2D eigenvalue weighted by atomic mass is 9.94. The second kappa shape index (κ2) is 10.3. The van der Waals surface area contributed by atoms with Gasteiger partial charge >= 0.3 is 0 Å². The normalized spacial score (nSPS) is 15.8. The number of carbonyl (C=O) groups excluding carboxylic acids is 1. The van der Waals surface area contributed by atoms with E-state index in [-0.39, 0.29) is 0 Å². The fourth-order valence-electron chi connectivity index (χ4n) is 2.72. The van der Waals surface area contributed by atoms with Gasteiger partial charge < -0.3 is 0 Å². The molecule has 1 aliphatic carbocycles. The Morgan fingerprint density at radius 1 is 0.889 bits per heavy atom. The molecule has 1 nitrogen and oxygen atoms in total. The molecule has 0 saturated carbocycles. The van der Waals surface area contributed by atoms with Gasteiger partial charge in [0.05, 0.1) is 0 Å². The molecule has 0 atom stereocenters. The third-order valence-corrected chi connectivity index (χ3v) is 3.89. The molecule has 1 aliphatic rings. The summed E-state index contributed by atoms with van der Waals surface area (Å²) in [6.07, 6.45) is 18.5. The molecule has 0 aromatic rings. The second-order valence-electron chi connectivity index (χ2n) is 5.70. The number of hydrogen-bond donors (Lipinski definition) is 0. The van der Waals surface area contributed by atoms with E-state index in [9.17, 15) is 4.79 Å². The van der Waals surface area contributed by atoms with Gasteiger partial charge in [0.25, 0.3) is 0 Å². The quantitative estimate of drug-likeness (QED) is 0.462. The maximum Gasteiger partial charge on any atom is 0.155 e. The van der Waals surface area contributed by atoms with Crippen LogP contribution in [0.2, 0.25) is 0 Å².